The third-order valence-corrected chi connectivity index (χ3v) is 6.62. The van der Waals surface area contributed by atoms with E-state index in [0.717, 1.165) is 10.4 Å². The number of halogens is 1. The molecule has 2 aliphatic rings. The molecule has 0 spiro atoms. The van der Waals surface area contributed by atoms with E-state index in [1.165, 1.54) is 46.4 Å². The second-order valence-corrected chi connectivity index (χ2v) is 8.20. The Labute approximate surface area is 171 Å². The molecule has 152 valence electrons. The van der Waals surface area contributed by atoms with Crippen LogP contribution < -0.4 is 9.64 Å². The predicted octanol–water partition coefficient (Wildman–Crippen LogP) is 2.14. The first-order valence-corrected chi connectivity index (χ1v) is 9.92. The maximum atomic E-state index is 13.7. The predicted molar refractivity (Wildman–Crippen MR) is 106 cm³/mol. The molecule has 3 amide bonds. The number of likely N-dealkylation sites (N-methyl/N-ethyl adjacent to an activating group) is 2. The lowest BCUT2D eigenvalue weighted by molar-refractivity contribution is -0.118. The molecule has 4 rings (SSSR count). The van der Waals surface area contributed by atoms with Gasteiger partial charge in [-0.15, -0.1) is 11.3 Å². The van der Waals surface area contributed by atoms with Gasteiger partial charge in [0.05, 0.1) is 24.8 Å². The highest BCUT2D eigenvalue weighted by Crippen LogP contribution is 2.41. The van der Waals surface area contributed by atoms with Crippen LogP contribution in [-0.4, -0.2) is 61.8 Å². The summed E-state index contributed by atoms with van der Waals surface area (Å²) in [5, 5.41) is 0.618. The zero-order chi connectivity index (χ0) is 20.9. The second-order valence-electron chi connectivity index (χ2n) is 7.12. The number of hydrogen-bond donors (Lipinski definition) is 0. The van der Waals surface area contributed by atoms with Crippen LogP contribution in [0.2, 0.25) is 0 Å². The van der Waals surface area contributed by atoms with Crippen molar-refractivity contribution in [3.63, 3.8) is 0 Å². The highest BCUT2D eigenvalue weighted by atomic mass is 32.1. The van der Waals surface area contributed by atoms with Crippen LogP contribution in [0.15, 0.2) is 18.2 Å². The zero-order valence-electron chi connectivity index (χ0n) is 16.3. The number of fused-ring (bicyclic) bond motifs is 3. The van der Waals surface area contributed by atoms with E-state index >= 15 is 0 Å². The minimum absolute atomic E-state index is 0.0372. The monoisotopic (exact) mass is 417 g/mol. The van der Waals surface area contributed by atoms with Crippen LogP contribution in [0.3, 0.4) is 0 Å². The van der Waals surface area contributed by atoms with Crippen molar-refractivity contribution in [2.24, 2.45) is 0 Å². The number of anilines is 1. The van der Waals surface area contributed by atoms with E-state index in [4.69, 9.17) is 4.74 Å². The molecule has 0 bridgehead atoms. The van der Waals surface area contributed by atoms with Crippen molar-refractivity contribution < 1.29 is 23.5 Å². The number of thiophene rings is 1. The summed E-state index contributed by atoms with van der Waals surface area (Å²) in [5.74, 6) is -0.865. The lowest BCUT2D eigenvalue weighted by Crippen LogP contribution is -2.37. The van der Waals surface area contributed by atoms with Crippen LogP contribution in [-0.2, 0) is 17.8 Å². The van der Waals surface area contributed by atoms with Crippen LogP contribution in [0.4, 0.5) is 9.39 Å². The number of hydrogen-bond acceptors (Lipinski definition) is 5. The maximum absolute atomic E-state index is 13.7. The molecule has 0 saturated carbocycles. The summed E-state index contributed by atoms with van der Waals surface area (Å²) >= 11 is 1.36. The van der Waals surface area contributed by atoms with Gasteiger partial charge < -0.3 is 19.4 Å². The maximum Gasteiger partial charge on any atom is 0.258 e. The largest absolute Gasteiger partial charge is 0.496 e. The first-order valence-electron chi connectivity index (χ1n) is 9.11. The lowest BCUT2D eigenvalue weighted by Gasteiger charge is -2.28. The molecule has 0 aliphatic carbocycles. The number of rotatable bonds is 2. The van der Waals surface area contributed by atoms with Crippen LogP contribution in [0, 0.1) is 5.82 Å². The zero-order valence-corrected chi connectivity index (χ0v) is 17.1. The number of nitrogens with zero attached hydrogens (tertiary/aromatic N) is 3. The molecule has 2 aliphatic heterocycles. The molecule has 29 heavy (non-hydrogen) atoms. The van der Waals surface area contributed by atoms with Gasteiger partial charge in [-0.2, -0.15) is 0 Å². The summed E-state index contributed by atoms with van der Waals surface area (Å²) in [6.07, 6.45) is 0.492. The SMILES string of the molecule is COc1ccc(F)cc1C(=O)N1CCc2c(sc3c2C(=O)N(C)CC(=O)N3C)C1. The molecule has 0 radical (unpaired) electrons. The molecule has 3 heterocycles. The number of amides is 3. The van der Waals surface area contributed by atoms with Crippen molar-refractivity contribution in [2.75, 3.05) is 39.2 Å². The quantitative estimate of drug-likeness (QED) is 0.751. The standard InChI is InChI=1S/C20H20FN3O4S/c1-22-10-16(25)23(2)20-17(19(22)27)12-6-7-24(9-15(12)29-20)18(26)13-8-11(21)4-5-14(13)28-3/h4-5,8H,6-7,9-10H2,1-3H3. The molecule has 0 fully saturated rings. The second kappa shape index (κ2) is 7.14. The van der Waals surface area contributed by atoms with Gasteiger partial charge in [0, 0.05) is 25.5 Å². The molecule has 9 heteroatoms. The smallest absolute Gasteiger partial charge is 0.258 e. The van der Waals surface area contributed by atoms with Gasteiger partial charge in [0.25, 0.3) is 11.8 Å². The Kier molecular flexibility index (Phi) is 4.77. The molecule has 7 nitrogen and oxygen atoms in total. The van der Waals surface area contributed by atoms with Gasteiger partial charge >= 0.3 is 0 Å². The van der Waals surface area contributed by atoms with Gasteiger partial charge in [0.2, 0.25) is 5.91 Å². The molecule has 1 aromatic carbocycles. The number of benzene rings is 1. The van der Waals surface area contributed by atoms with E-state index in [-0.39, 0.29) is 29.8 Å². The summed E-state index contributed by atoms with van der Waals surface area (Å²) in [7, 11) is 4.71. The summed E-state index contributed by atoms with van der Waals surface area (Å²) in [5.41, 5.74) is 1.60. The van der Waals surface area contributed by atoms with Crippen molar-refractivity contribution in [2.45, 2.75) is 13.0 Å². The van der Waals surface area contributed by atoms with E-state index in [1.54, 1.807) is 19.0 Å². The van der Waals surface area contributed by atoms with E-state index < -0.39 is 5.82 Å². The normalized spacial score (nSPS) is 16.5. The summed E-state index contributed by atoms with van der Waals surface area (Å²) in [6.45, 7) is 0.726. The highest BCUT2D eigenvalue weighted by Gasteiger charge is 2.36. The van der Waals surface area contributed by atoms with Crippen LogP contribution >= 0.6 is 11.3 Å². The summed E-state index contributed by atoms with van der Waals surface area (Å²) in [6, 6.07) is 3.85. The first-order chi connectivity index (χ1) is 13.8. The first kappa shape index (κ1) is 19.4. The third-order valence-electron chi connectivity index (χ3n) is 5.33. The molecule has 2 aromatic rings. The van der Waals surface area contributed by atoms with E-state index in [0.29, 0.717) is 35.8 Å². The molecule has 1 aromatic heterocycles. The van der Waals surface area contributed by atoms with Crippen molar-refractivity contribution >= 4 is 34.1 Å². The fourth-order valence-corrected chi connectivity index (χ4v) is 5.05. The van der Waals surface area contributed by atoms with E-state index in [2.05, 4.69) is 0 Å². The van der Waals surface area contributed by atoms with Gasteiger partial charge in [-0.3, -0.25) is 14.4 Å². The Bertz CT molecular complexity index is 1030. The Morgan fingerprint density at radius 1 is 1.21 bits per heavy atom. The van der Waals surface area contributed by atoms with Crippen molar-refractivity contribution in [1.29, 1.82) is 0 Å². The average molecular weight is 417 g/mol. The van der Waals surface area contributed by atoms with Crippen molar-refractivity contribution in [3.8, 4) is 5.75 Å². The molecule has 0 unspecified atom stereocenters. The van der Waals surface area contributed by atoms with Crippen LogP contribution in [0.25, 0.3) is 0 Å². The Hall–Kier alpha value is -2.94. The number of methoxy groups -OCH3 is 1. The van der Waals surface area contributed by atoms with Gasteiger partial charge in [0.15, 0.2) is 0 Å². The van der Waals surface area contributed by atoms with Gasteiger partial charge in [-0.1, -0.05) is 0 Å². The molecule has 0 N–H and O–H groups in total. The Morgan fingerprint density at radius 3 is 2.69 bits per heavy atom. The molecule has 0 atom stereocenters. The highest BCUT2D eigenvalue weighted by molar-refractivity contribution is 7.17. The van der Waals surface area contributed by atoms with E-state index in [1.807, 2.05) is 0 Å². The van der Waals surface area contributed by atoms with Gasteiger partial charge in [-0.05, 0) is 30.2 Å². The molecular weight excluding hydrogens is 397 g/mol. The minimum Gasteiger partial charge on any atom is -0.496 e. The van der Waals surface area contributed by atoms with Gasteiger partial charge in [-0.25, -0.2) is 4.39 Å². The minimum atomic E-state index is -0.511. The van der Waals surface area contributed by atoms with Crippen LogP contribution in [0.1, 0.15) is 31.2 Å². The van der Waals surface area contributed by atoms with Crippen molar-refractivity contribution in [1.82, 2.24) is 9.80 Å². The fourth-order valence-electron chi connectivity index (χ4n) is 3.72. The fraction of sp³-hybridized carbons (Fsp3) is 0.350. The lowest BCUT2D eigenvalue weighted by atomic mass is 10.0. The average Bonchev–Trinajstić information content (AvgIpc) is 3.07. The van der Waals surface area contributed by atoms with Crippen LogP contribution in [0.5, 0.6) is 5.75 Å². The van der Waals surface area contributed by atoms with Crippen molar-refractivity contribution in [3.05, 3.63) is 45.6 Å². The molecular formula is C20H20FN3O4S. The topological polar surface area (TPSA) is 70.2 Å². The number of carbonyl (C=O) groups excluding carboxylic acids is 3. The molecule has 0 saturated heterocycles. The van der Waals surface area contributed by atoms with Gasteiger partial charge in [0.1, 0.15) is 23.1 Å². The Balaban J connectivity index is 1.69. The summed E-state index contributed by atoms with van der Waals surface area (Å²) in [4.78, 5) is 43.6. The number of carbonyl (C=O) groups is 3. The summed E-state index contributed by atoms with van der Waals surface area (Å²) < 4.78 is 18.9. The number of ether oxygens (including phenoxy) is 1. The third kappa shape index (κ3) is 3.15. The van der Waals surface area contributed by atoms with E-state index in [9.17, 15) is 18.8 Å². The Morgan fingerprint density at radius 2 is 1.97 bits per heavy atom.